The molecule has 2 fully saturated rings. The van der Waals surface area contributed by atoms with Gasteiger partial charge in [0.05, 0.1) is 12.5 Å². The number of ether oxygens (including phenoxy) is 1. The van der Waals surface area contributed by atoms with Crippen molar-refractivity contribution in [1.82, 2.24) is 15.1 Å². The van der Waals surface area contributed by atoms with Crippen LogP contribution < -0.4 is 5.32 Å². The number of piperidine rings is 2. The van der Waals surface area contributed by atoms with Gasteiger partial charge in [-0.05, 0) is 62.7 Å². The Balaban J connectivity index is 1.43. The van der Waals surface area contributed by atoms with E-state index in [9.17, 15) is 4.79 Å². The molecule has 0 radical (unpaired) electrons. The van der Waals surface area contributed by atoms with Gasteiger partial charge in [-0.25, -0.2) is 0 Å². The molecule has 0 aliphatic carbocycles. The second-order valence-electron chi connectivity index (χ2n) is 8.69. The van der Waals surface area contributed by atoms with E-state index < -0.39 is 0 Å². The van der Waals surface area contributed by atoms with Crippen molar-refractivity contribution in [2.75, 3.05) is 39.8 Å². The van der Waals surface area contributed by atoms with Crippen molar-refractivity contribution < 1.29 is 9.53 Å². The number of nitrogens with zero attached hydrogens (tertiary/aromatic N) is 3. The number of likely N-dealkylation sites (tertiary alicyclic amines) is 2. The number of carbonyl (C=O) groups excluding carboxylic acids is 1. The average molecular weight is 415 g/mol. The van der Waals surface area contributed by atoms with E-state index in [-0.39, 0.29) is 11.9 Å². The molecule has 6 heteroatoms. The summed E-state index contributed by atoms with van der Waals surface area (Å²) < 4.78 is 5.16. The quantitative estimate of drug-likeness (QED) is 0.440. The zero-order valence-electron chi connectivity index (χ0n) is 18.9. The second kappa shape index (κ2) is 11.3. The minimum absolute atomic E-state index is 0.0231. The second-order valence-corrected chi connectivity index (χ2v) is 8.69. The van der Waals surface area contributed by atoms with Gasteiger partial charge in [-0.1, -0.05) is 31.2 Å². The van der Waals surface area contributed by atoms with Crippen LogP contribution in [0.1, 0.15) is 50.7 Å². The first kappa shape index (κ1) is 22.6. The van der Waals surface area contributed by atoms with E-state index in [1.807, 2.05) is 14.0 Å². The maximum atomic E-state index is 11.9. The van der Waals surface area contributed by atoms with Crippen LogP contribution in [0.25, 0.3) is 0 Å². The monoisotopic (exact) mass is 414 g/mol. The topological polar surface area (TPSA) is 57.2 Å². The van der Waals surface area contributed by atoms with Crippen LogP contribution in [0.15, 0.2) is 29.3 Å². The molecule has 2 aliphatic heterocycles. The average Bonchev–Trinajstić information content (AvgIpc) is 2.77. The van der Waals surface area contributed by atoms with Crippen molar-refractivity contribution in [3.63, 3.8) is 0 Å². The molecule has 0 aromatic heterocycles. The number of nitrogens with one attached hydrogen (secondary N) is 1. The highest BCUT2D eigenvalue weighted by molar-refractivity contribution is 5.80. The Labute approximate surface area is 181 Å². The molecule has 3 rings (SSSR count). The van der Waals surface area contributed by atoms with Crippen LogP contribution in [0.4, 0.5) is 0 Å². The molecule has 0 bridgehead atoms. The Kier molecular flexibility index (Phi) is 8.55. The number of aliphatic imine (C=N–C) groups is 1. The van der Waals surface area contributed by atoms with Gasteiger partial charge in [0.15, 0.2) is 5.96 Å². The molecular formula is C24H38N4O2. The highest BCUT2D eigenvalue weighted by atomic mass is 16.5. The van der Waals surface area contributed by atoms with Gasteiger partial charge < -0.3 is 15.0 Å². The molecule has 2 heterocycles. The first-order valence-electron chi connectivity index (χ1n) is 11.5. The van der Waals surface area contributed by atoms with Crippen molar-refractivity contribution in [3.8, 4) is 0 Å². The number of rotatable bonds is 6. The predicted molar refractivity (Wildman–Crippen MR) is 121 cm³/mol. The number of hydrogen-bond acceptors (Lipinski definition) is 4. The van der Waals surface area contributed by atoms with E-state index in [2.05, 4.69) is 51.3 Å². The Hall–Kier alpha value is -2.08. The van der Waals surface area contributed by atoms with E-state index in [4.69, 9.17) is 4.74 Å². The van der Waals surface area contributed by atoms with Crippen molar-refractivity contribution in [1.29, 1.82) is 0 Å². The Morgan fingerprint density at radius 1 is 1.07 bits per heavy atom. The predicted octanol–water partition coefficient (Wildman–Crippen LogP) is 3.27. The van der Waals surface area contributed by atoms with Gasteiger partial charge in [0.2, 0.25) is 0 Å². The van der Waals surface area contributed by atoms with E-state index in [0.29, 0.717) is 6.61 Å². The van der Waals surface area contributed by atoms with E-state index >= 15 is 0 Å². The smallest absolute Gasteiger partial charge is 0.309 e. The standard InChI is InChI=1S/C24H38N4O2/c1-4-30-23(29)22-11-15-28(16-12-22)24(25-3)26-17-20-5-7-21(8-6-20)18-27-13-9-19(2)10-14-27/h5-8,19,22H,4,9-18H2,1-3H3,(H,25,26). The SMILES string of the molecule is CCOC(=O)C1CCN(C(=NC)NCc2ccc(CN3CCC(C)CC3)cc2)CC1. The van der Waals surface area contributed by atoms with Gasteiger partial charge >= 0.3 is 5.97 Å². The van der Waals surface area contributed by atoms with Crippen molar-refractivity contribution in [2.45, 2.75) is 52.6 Å². The summed E-state index contributed by atoms with van der Waals surface area (Å²) in [7, 11) is 1.82. The molecule has 2 aliphatic rings. The van der Waals surface area contributed by atoms with E-state index in [1.54, 1.807) is 0 Å². The fourth-order valence-corrected chi connectivity index (χ4v) is 4.34. The fourth-order valence-electron chi connectivity index (χ4n) is 4.34. The van der Waals surface area contributed by atoms with Gasteiger partial charge in [-0.3, -0.25) is 14.7 Å². The summed E-state index contributed by atoms with van der Waals surface area (Å²) in [6.07, 6.45) is 4.28. The van der Waals surface area contributed by atoms with Crippen molar-refractivity contribution >= 4 is 11.9 Å². The summed E-state index contributed by atoms with van der Waals surface area (Å²) in [5, 5.41) is 3.48. The first-order chi connectivity index (χ1) is 14.6. The molecule has 166 valence electrons. The van der Waals surface area contributed by atoms with E-state index in [1.165, 1.54) is 37.1 Å². The van der Waals surface area contributed by atoms with Gasteiger partial charge in [0, 0.05) is 33.2 Å². The Morgan fingerprint density at radius 3 is 2.30 bits per heavy atom. The molecule has 0 unspecified atom stereocenters. The molecule has 1 N–H and O–H groups in total. The van der Waals surface area contributed by atoms with Gasteiger partial charge in [-0.15, -0.1) is 0 Å². The molecule has 30 heavy (non-hydrogen) atoms. The summed E-state index contributed by atoms with van der Waals surface area (Å²) >= 11 is 0. The molecule has 0 spiro atoms. The number of esters is 1. The van der Waals surface area contributed by atoms with Crippen LogP contribution in [-0.4, -0.2) is 61.6 Å². The minimum atomic E-state index is -0.0562. The summed E-state index contributed by atoms with van der Waals surface area (Å²) in [6, 6.07) is 8.94. The fraction of sp³-hybridized carbons (Fsp3) is 0.667. The zero-order chi connectivity index (χ0) is 21.3. The lowest BCUT2D eigenvalue weighted by atomic mass is 9.97. The summed E-state index contributed by atoms with van der Waals surface area (Å²) in [4.78, 5) is 21.2. The number of guanidine groups is 1. The van der Waals surface area contributed by atoms with Crippen LogP contribution >= 0.6 is 0 Å². The lowest BCUT2D eigenvalue weighted by Gasteiger charge is -2.33. The summed E-state index contributed by atoms with van der Waals surface area (Å²) in [5.41, 5.74) is 2.65. The maximum absolute atomic E-state index is 11.9. The molecule has 1 aromatic carbocycles. The molecule has 2 saturated heterocycles. The minimum Gasteiger partial charge on any atom is -0.466 e. The van der Waals surface area contributed by atoms with Crippen molar-refractivity contribution in [2.24, 2.45) is 16.8 Å². The molecule has 0 saturated carbocycles. The third kappa shape index (κ3) is 6.46. The van der Waals surface area contributed by atoms with Crippen LogP contribution in [0.2, 0.25) is 0 Å². The number of benzene rings is 1. The lowest BCUT2D eigenvalue weighted by Crippen LogP contribution is -2.46. The van der Waals surface area contributed by atoms with Crippen LogP contribution in [-0.2, 0) is 22.6 Å². The highest BCUT2D eigenvalue weighted by Gasteiger charge is 2.27. The molecule has 1 aromatic rings. The van der Waals surface area contributed by atoms with Crippen molar-refractivity contribution in [3.05, 3.63) is 35.4 Å². The van der Waals surface area contributed by atoms with Crippen LogP contribution in [0, 0.1) is 11.8 Å². The van der Waals surface area contributed by atoms with Gasteiger partial charge in [0.1, 0.15) is 0 Å². The van der Waals surface area contributed by atoms with Crippen LogP contribution in [0.5, 0.6) is 0 Å². The van der Waals surface area contributed by atoms with Gasteiger partial charge in [-0.2, -0.15) is 0 Å². The molecule has 0 atom stereocenters. The largest absolute Gasteiger partial charge is 0.466 e. The van der Waals surface area contributed by atoms with Gasteiger partial charge in [0.25, 0.3) is 0 Å². The van der Waals surface area contributed by atoms with E-state index in [0.717, 1.165) is 50.9 Å². The summed E-state index contributed by atoms with van der Waals surface area (Å²) in [6.45, 7) is 10.6. The molecular weight excluding hydrogens is 376 g/mol. The maximum Gasteiger partial charge on any atom is 0.309 e. The first-order valence-corrected chi connectivity index (χ1v) is 11.5. The van der Waals surface area contributed by atoms with Crippen LogP contribution in [0.3, 0.4) is 0 Å². The lowest BCUT2D eigenvalue weighted by molar-refractivity contribution is -0.149. The number of carbonyl (C=O) groups is 1. The zero-order valence-corrected chi connectivity index (χ0v) is 18.9. The number of hydrogen-bond donors (Lipinski definition) is 1. The molecule has 0 amide bonds. The normalized spacial score (nSPS) is 19.7. The Bertz CT molecular complexity index is 688. The highest BCUT2D eigenvalue weighted by Crippen LogP contribution is 2.20. The molecule has 6 nitrogen and oxygen atoms in total. The third-order valence-corrected chi connectivity index (χ3v) is 6.38. The third-order valence-electron chi connectivity index (χ3n) is 6.38. The summed E-state index contributed by atoms with van der Waals surface area (Å²) in [5.74, 6) is 1.75. The Morgan fingerprint density at radius 2 is 1.70 bits per heavy atom.